The maximum Gasteiger partial charge on any atom is 0.347 e. The molecule has 1 N–H and O–H groups in total. The van der Waals surface area contributed by atoms with Crippen LogP contribution in [0, 0.1) is 0 Å². The van der Waals surface area contributed by atoms with E-state index in [1.54, 1.807) is 7.11 Å². The number of aryl methyl sites for hydroxylation is 2. The second-order valence-corrected chi connectivity index (χ2v) is 5.80. The number of thiazole rings is 1. The van der Waals surface area contributed by atoms with E-state index in [0.29, 0.717) is 23.4 Å². The van der Waals surface area contributed by atoms with E-state index < -0.39 is 5.97 Å². The monoisotopic (exact) mass is 305 g/mol. The van der Waals surface area contributed by atoms with Crippen molar-refractivity contribution in [1.29, 1.82) is 0 Å². The quantitative estimate of drug-likeness (QED) is 0.886. The van der Waals surface area contributed by atoms with Gasteiger partial charge in [0.15, 0.2) is 0 Å². The molecule has 0 aliphatic rings. The number of aromatic nitrogens is 1. The Morgan fingerprint density at radius 1 is 1.33 bits per heavy atom. The van der Waals surface area contributed by atoms with Crippen molar-refractivity contribution in [3.8, 4) is 5.75 Å². The minimum Gasteiger partial charge on any atom is -0.496 e. The van der Waals surface area contributed by atoms with Gasteiger partial charge in [0, 0.05) is 12.0 Å². The lowest BCUT2D eigenvalue weighted by Crippen LogP contribution is -1.97. The minimum atomic E-state index is -0.898. The first-order valence-corrected chi connectivity index (χ1v) is 7.78. The standard InChI is InChI=1S/C16H19NO3S/c1-4-10-6-7-13(20-3)11(8-10)9-14-17-12(5-2)15(21-14)16(18)19/h6-8H,4-5,9H2,1-3H3,(H,18,19). The minimum absolute atomic E-state index is 0.345. The lowest BCUT2D eigenvalue weighted by Gasteiger charge is -2.09. The van der Waals surface area contributed by atoms with Crippen LogP contribution in [0.3, 0.4) is 0 Å². The Bertz CT molecular complexity index is 649. The van der Waals surface area contributed by atoms with Crippen LogP contribution < -0.4 is 4.74 Å². The van der Waals surface area contributed by atoms with E-state index in [-0.39, 0.29) is 0 Å². The van der Waals surface area contributed by atoms with Crippen LogP contribution in [0.2, 0.25) is 0 Å². The number of carboxylic acids is 1. The number of carboxylic acid groups (broad SMARTS) is 1. The Kier molecular flexibility index (Phi) is 4.96. The molecule has 0 aliphatic heterocycles. The van der Waals surface area contributed by atoms with Crippen molar-refractivity contribution in [1.82, 2.24) is 4.98 Å². The molecule has 112 valence electrons. The number of nitrogens with zero attached hydrogens (tertiary/aromatic N) is 1. The number of rotatable bonds is 6. The summed E-state index contributed by atoms with van der Waals surface area (Å²) in [6.07, 6.45) is 2.18. The van der Waals surface area contributed by atoms with Gasteiger partial charge in [-0.1, -0.05) is 26.0 Å². The highest BCUT2D eigenvalue weighted by atomic mass is 32.1. The van der Waals surface area contributed by atoms with Gasteiger partial charge in [-0.25, -0.2) is 9.78 Å². The average Bonchev–Trinajstić information content (AvgIpc) is 2.90. The highest BCUT2D eigenvalue weighted by Crippen LogP contribution is 2.27. The number of benzene rings is 1. The second kappa shape index (κ2) is 6.72. The fraction of sp³-hybridized carbons (Fsp3) is 0.375. The van der Waals surface area contributed by atoms with Gasteiger partial charge in [0.25, 0.3) is 0 Å². The summed E-state index contributed by atoms with van der Waals surface area (Å²) in [6, 6.07) is 6.11. The molecule has 0 atom stereocenters. The van der Waals surface area contributed by atoms with E-state index in [2.05, 4.69) is 18.0 Å². The fourth-order valence-electron chi connectivity index (χ4n) is 2.24. The SMILES string of the molecule is CCc1ccc(OC)c(Cc2nc(CC)c(C(=O)O)s2)c1. The predicted molar refractivity (Wildman–Crippen MR) is 83.6 cm³/mol. The number of hydrogen-bond acceptors (Lipinski definition) is 4. The lowest BCUT2D eigenvalue weighted by atomic mass is 10.1. The van der Waals surface area contributed by atoms with Crippen LogP contribution in [-0.2, 0) is 19.3 Å². The maximum atomic E-state index is 11.2. The molecule has 5 heteroatoms. The van der Waals surface area contributed by atoms with Crippen LogP contribution in [0.25, 0.3) is 0 Å². The van der Waals surface area contributed by atoms with Crippen LogP contribution in [0.4, 0.5) is 0 Å². The molecule has 0 spiro atoms. The Labute approximate surface area is 128 Å². The van der Waals surface area contributed by atoms with Crippen LogP contribution >= 0.6 is 11.3 Å². The maximum absolute atomic E-state index is 11.2. The number of aromatic carboxylic acids is 1. The topological polar surface area (TPSA) is 59.4 Å². The molecule has 0 aliphatic carbocycles. The van der Waals surface area contributed by atoms with Crippen molar-refractivity contribution < 1.29 is 14.6 Å². The summed E-state index contributed by atoms with van der Waals surface area (Å²) < 4.78 is 5.39. The van der Waals surface area contributed by atoms with Crippen LogP contribution in [0.1, 0.15) is 45.3 Å². The van der Waals surface area contributed by atoms with Gasteiger partial charge in [0.2, 0.25) is 0 Å². The third-order valence-corrected chi connectivity index (χ3v) is 4.45. The number of carbonyl (C=O) groups is 1. The third kappa shape index (κ3) is 3.42. The molecule has 1 heterocycles. The van der Waals surface area contributed by atoms with E-state index in [4.69, 9.17) is 4.74 Å². The second-order valence-electron chi connectivity index (χ2n) is 4.72. The first-order chi connectivity index (χ1) is 10.1. The van der Waals surface area contributed by atoms with Gasteiger partial charge in [-0.05, 0) is 24.5 Å². The Balaban J connectivity index is 2.35. The lowest BCUT2D eigenvalue weighted by molar-refractivity contribution is 0.0701. The number of hydrogen-bond donors (Lipinski definition) is 1. The average molecular weight is 305 g/mol. The molecule has 0 saturated heterocycles. The Morgan fingerprint density at radius 2 is 2.10 bits per heavy atom. The van der Waals surface area contributed by atoms with Gasteiger partial charge in [-0.3, -0.25) is 0 Å². The van der Waals surface area contributed by atoms with Crippen LogP contribution in [0.15, 0.2) is 18.2 Å². The molecule has 1 aromatic heterocycles. The zero-order chi connectivity index (χ0) is 15.4. The van der Waals surface area contributed by atoms with Crippen molar-refractivity contribution in [2.24, 2.45) is 0 Å². The molecule has 0 saturated carbocycles. The van der Waals surface area contributed by atoms with Crippen molar-refractivity contribution >= 4 is 17.3 Å². The molecule has 1 aromatic carbocycles. The summed E-state index contributed by atoms with van der Waals surface area (Å²) in [4.78, 5) is 16.0. The van der Waals surface area contributed by atoms with Gasteiger partial charge in [0.1, 0.15) is 10.6 Å². The van der Waals surface area contributed by atoms with Gasteiger partial charge in [-0.15, -0.1) is 11.3 Å². The molecule has 0 unspecified atom stereocenters. The van der Waals surface area contributed by atoms with E-state index >= 15 is 0 Å². The molecule has 4 nitrogen and oxygen atoms in total. The Morgan fingerprint density at radius 3 is 2.62 bits per heavy atom. The molecule has 0 fully saturated rings. The van der Waals surface area contributed by atoms with Crippen LogP contribution in [0.5, 0.6) is 5.75 Å². The van der Waals surface area contributed by atoms with E-state index in [1.807, 2.05) is 19.1 Å². The molecule has 2 aromatic rings. The molecule has 2 rings (SSSR count). The van der Waals surface area contributed by atoms with Crippen LogP contribution in [-0.4, -0.2) is 23.2 Å². The molecule has 0 radical (unpaired) electrons. The predicted octanol–water partition coefficient (Wildman–Crippen LogP) is 3.57. The van der Waals surface area contributed by atoms with E-state index in [0.717, 1.165) is 22.7 Å². The summed E-state index contributed by atoms with van der Waals surface area (Å²) in [5.41, 5.74) is 2.94. The summed E-state index contributed by atoms with van der Waals surface area (Å²) in [5.74, 6) is -0.0813. The van der Waals surface area contributed by atoms with Crippen molar-refractivity contribution in [3.63, 3.8) is 0 Å². The summed E-state index contributed by atoms with van der Waals surface area (Å²) in [7, 11) is 1.65. The molecular formula is C16H19NO3S. The zero-order valence-electron chi connectivity index (χ0n) is 12.5. The van der Waals surface area contributed by atoms with Gasteiger partial charge < -0.3 is 9.84 Å². The zero-order valence-corrected chi connectivity index (χ0v) is 13.3. The third-order valence-electron chi connectivity index (χ3n) is 3.37. The van der Waals surface area contributed by atoms with Crippen molar-refractivity contribution in [2.45, 2.75) is 33.1 Å². The fourth-order valence-corrected chi connectivity index (χ4v) is 3.25. The van der Waals surface area contributed by atoms with E-state index in [1.165, 1.54) is 16.9 Å². The first-order valence-electron chi connectivity index (χ1n) is 6.96. The molecule has 0 bridgehead atoms. The van der Waals surface area contributed by atoms with Gasteiger partial charge in [-0.2, -0.15) is 0 Å². The first kappa shape index (κ1) is 15.5. The summed E-state index contributed by atoms with van der Waals surface area (Å²) in [5, 5.41) is 10.0. The molecular weight excluding hydrogens is 286 g/mol. The van der Waals surface area contributed by atoms with E-state index in [9.17, 15) is 9.90 Å². The number of methoxy groups -OCH3 is 1. The normalized spacial score (nSPS) is 10.6. The summed E-state index contributed by atoms with van der Waals surface area (Å²) in [6.45, 7) is 4.02. The van der Waals surface area contributed by atoms with Crippen molar-refractivity contribution in [2.75, 3.05) is 7.11 Å². The summed E-state index contributed by atoms with van der Waals surface area (Å²) >= 11 is 1.25. The number of ether oxygens (including phenoxy) is 1. The largest absolute Gasteiger partial charge is 0.496 e. The highest BCUT2D eigenvalue weighted by molar-refractivity contribution is 7.13. The van der Waals surface area contributed by atoms with Gasteiger partial charge in [0.05, 0.1) is 17.8 Å². The highest BCUT2D eigenvalue weighted by Gasteiger charge is 2.17. The molecule has 0 amide bonds. The van der Waals surface area contributed by atoms with Gasteiger partial charge >= 0.3 is 5.97 Å². The Hall–Kier alpha value is -1.88. The van der Waals surface area contributed by atoms with Crippen molar-refractivity contribution in [3.05, 3.63) is 44.9 Å². The molecule has 21 heavy (non-hydrogen) atoms. The smallest absolute Gasteiger partial charge is 0.347 e.